The van der Waals surface area contributed by atoms with Gasteiger partial charge in [0.25, 0.3) is 5.91 Å². The second-order valence-electron chi connectivity index (χ2n) is 5.74. The molecule has 0 bridgehead atoms. The lowest BCUT2D eigenvalue weighted by atomic mass is 10.1. The molecule has 1 aromatic heterocycles. The topological polar surface area (TPSA) is 84.2 Å². The van der Waals surface area contributed by atoms with Gasteiger partial charge in [0.2, 0.25) is 0 Å². The Bertz CT molecular complexity index is 1050. The minimum absolute atomic E-state index is 0.149. The lowest BCUT2D eigenvalue weighted by Gasteiger charge is -2.14. The summed E-state index contributed by atoms with van der Waals surface area (Å²) < 4.78 is 24.4. The molecule has 6 nitrogen and oxygen atoms in total. The highest BCUT2D eigenvalue weighted by molar-refractivity contribution is 7.14. The number of nitrogens with one attached hydrogen (secondary N) is 1. The highest BCUT2D eigenvalue weighted by Crippen LogP contribution is 2.28. The normalized spacial score (nSPS) is 11.4. The summed E-state index contributed by atoms with van der Waals surface area (Å²) in [5.74, 6) is -0.413. The van der Waals surface area contributed by atoms with E-state index in [1.807, 2.05) is 6.07 Å². The van der Waals surface area contributed by atoms with E-state index in [2.05, 4.69) is 10.3 Å². The van der Waals surface area contributed by atoms with E-state index >= 15 is 0 Å². The van der Waals surface area contributed by atoms with Crippen LogP contribution < -0.4 is 14.8 Å². The van der Waals surface area contributed by atoms with Gasteiger partial charge in [0.1, 0.15) is 11.8 Å². The Morgan fingerprint density at radius 2 is 2.07 bits per heavy atom. The second-order valence-corrected chi connectivity index (χ2v) is 6.60. The van der Waals surface area contributed by atoms with Crippen molar-refractivity contribution in [2.45, 2.75) is 13.0 Å². The van der Waals surface area contributed by atoms with Gasteiger partial charge in [0, 0.05) is 10.9 Å². The fourth-order valence-electron chi connectivity index (χ4n) is 2.40. The van der Waals surface area contributed by atoms with E-state index in [0.29, 0.717) is 27.7 Å². The molecule has 0 fully saturated rings. The molecule has 1 amide bonds. The maximum Gasteiger partial charge on any atom is 0.266 e. The van der Waals surface area contributed by atoms with Crippen LogP contribution in [-0.2, 0) is 4.79 Å². The Labute approximate surface area is 165 Å². The van der Waals surface area contributed by atoms with Crippen LogP contribution in [0.2, 0.25) is 0 Å². The van der Waals surface area contributed by atoms with Crippen molar-refractivity contribution in [3.8, 4) is 28.8 Å². The van der Waals surface area contributed by atoms with Gasteiger partial charge in [-0.05, 0) is 37.3 Å². The van der Waals surface area contributed by atoms with E-state index in [-0.39, 0.29) is 5.75 Å². The standard InChI is InChI=1S/C20H16FN3O3S/c1-12(27-17-6-4-3-5-14(17)10-22)19(25)24-20-23-16(11-28-20)13-7-8-18(26-2)15(21)9-13/h3-9,11-12H,1-2H3,(H,23,24,25). The summed E-state index contributed by atoms with van der Waals surface area (Å²) >= 11 is 1.22. The van der Waals surface area contributed by atoms with Gasteiger partial charge in [-0.15, -0.1) is 11.3 Å². The number of methoxy groups -OCH3 is 1. The third-order valence-electron chi connectivity index (χ3n) is 3.86. The number of nitriles is 1. The highest BCUT2D eigenvalue weighted by Gasteiger charge is 2.18. The summed E-state index contributed by atoms with van der Waals surface area (Å²) in [6.45, 7) is 1.58. The molecule has 0 radical (unpaired) electrons. The van der Waals surface area contributed by atoms with Crippen LogP contribution in [0.5, 0.6) is 11.5 Å². The highest BCUT2D eigenvalue weighted by atomic mass is 32.1. The molecule has 2 aromatic carbocycles. The number of rotatable bonds is 6. The summed E-state index contributed by atoms with van der Waals surface area (Å²) in [6.07, 6.45) is -0.833. The maximum atomic E-state index is 13.9. The predicted octanol–water partition coefficient (Wildman–Crippen LogP) is 4.24. The van der Waals surface area contributed by atoms with E-state index in [4.69, 9.17) is 14.7 Å². The Morgan fingerprint density at radius 1 is 1.29 bits per heavy atom. The van der Waals surface area contributed by atoms with E-state index in [0.717, 1.165) is 0 Å². The number of thiazole rings is 1. The molecule has 142 valence electrons. The summed E-state index contributed by atoms with van der Waals surface area (Å²) in [4.78, 5) is 16.7. The molecule has 1 atom stereocenters. The zero-order chi connectivity index (χ0) is 20.1. The number of carbonyl (C=O) groups is 1. The summed E-state index contributed by atoms with van der Waals surface area (Å²) in [7, 11) is 1.40. The number of carbonyl (C=O) groups excluding carboxylic acids is 1. The molecule has 3 aromatic rings. The van der Waals surface area contributed by atoms with Crippen molar-refractivity contribution in [1.82, 2.24) is 4.98 Å². The number of para-hydroxylation sites is 1. The zero-order valence-electron chi connectivity index (χ0n) is 15.1. The molecule has 0 saturated heterocycles. The molecule has 1 heterocycles. The molecule has 1 unspecified atom stereocenters. The first-order valence-corrected chi connectivity index (χ1v) is 9.16. The third kappa shape index (κ3) is 4.27. The third-order valence-corrected chi connectivity index (χ3v) is 4.62. The predicted molar refractivity (Wildman–Crippen MR) is 104 cm³/mol. The number of ether oxygens (including phenoxy) is 2. The average Bonchev–Trinajstić information content (AvgIpc) is 3.16. The number of benzene rings is 2. The van der Waals surface area contributed by atoms with Crippen molar-refractivity contribution in [1.29, 1.82) is 5.26 Å². The molecule has 0 aliphatic rings. The molecule has 0 aliphatic heterocycles. The monoisotopic (exact) mass is 397 g/mol. The summed E-state index contributed by atoms with van der Waals surface area (Å²) in [6, 6.07) is 13.2. The van der Waals surface area contributed by atoms with Crippen LogP contribution in [0.3, 0.4) is 0 Å². The van der Waals surface area contributed by atoms with E-state index < -0.39 is 17.8 Å². The van der Waals surface area contributed by atoms with Gasteiger partial charge < -0.3 is 9.47 Å². The molecule has 28 heavy (non-hydrogen) atoms. The molecule has 8 heteroatoms. The molecule has 0 aliphatic carbocycles. The smallest absolute Gasteiger partial charge is 0.266 e. The molecular weight excluding hydrogens is 381 g/mol. The van der Waals surface area contributed by atoms with Crippen LogP contribution in [0.15, 0.2) is 47.8 Å². The van der Waals surface area contributed by atoms with E-state index in [1.165, 1.54) is 30.6 Å². The van der Waals surface area contributed by atoms with Crippen LogP contribution in [0, 0.1) is 17.1 Å². The van der Waals surface area contributed by atoms with Gasteiger partial charge in [-0.1, -0.05) is 12.1 Å². The largest absolute Gasteiger partial charge is 0.494 e. The molecule has 1 N–H and O–H groups in total. The Balaban J connectivity index is 1.68. The Hall–Kier alpha value is -3.44. The van der Waals surface area contributed by atoms with Gasteiger partial charge in [-0.25, -0.2) is 9.37 Å². The van der Waals surface area contributed by atoms with Gasteiger partial charge in [-0.3, -0.25) is 10.1 Å². The first-order chi connectivity index (χ1) is 13.5. The Morgan fingerprint density at radius 3 is 2.79 bits per heavy atom. The fourth-order valence-corrected chi connectivity index (χ4v) is 3.12. The molecular formula is C20H16FN3O3S. The second kappa shape index (κ2) is 8.50. The molecule has 3 rings (SSSR count). The zero-order valence-corrected chi connectivity index (χ0v) is 15.9. The van der Waals surface area contributed by atoms with Crippen molar-refractivity contribution in [2.75, 3.05) is 12.4 Å². The van der Waals surface area contributed by atoms with Crippen LogP contribution in [-0.4, -0.2) is 24.1 Å². The number of anilines is 1. The molecule has 0 spiro atoms. The first-order valence-electron chi connectivity index (χ1n) is 8.28. The Kier molecular flexibility index (Phi) is 5.87. The fraction of sp³-hybridized carbons (Fsp3) is 0.150. The van der Waals surface area contributed by atoms with Gasteiger partial charge in [-0.2, -0.15) is 5.26 Å². The van der Waals surface area contributed by atoms with Crippen LogP contribution >= 0.6 is 11.3 Å². The first kappa shape index (κ1) is 19.3. The van der Waals surface area contributed by atoms with Crippen LogP contribution in [0.1, 0.15) is 12.5 Å². The van der Waals surface area contributed by atoms with Crippen molar-refractivity contribution in [2.24, 2.45) is 0 Å². The number of hydrogen-bond acceptors (Lipinski definition) is 6. The lowest BCUT2D eigenvalue weighted by Crippen LogP contribution is -2.30. The quantitative estimate of drug-likeness (QED) is 0.673. The lowest BCUT2D eigenvalue weighted by molar-refractivity contribution is -0.122. The van der Waals surface area contributed by atoms with E-state index in [9.17, 15) is 9.18 Å². The summed E-state index contributed by atoms with van der Waals surface area (Å²) in [5.41, 5.74) is 1.45. The summed E-state index contributed by atoms with van der Waals surface area (Å²) in [5, 5.41) is 13.8. The van der Waals surface area contributed by atoms with Gasteiger partial charge in [0.15, 0.2) is 22.8 Å². The van der Waals surface area contributed by atoms with Crippen LogP contribution in [0.4, 0.5) is 9.52 Å². The minimum Gasteiger partial charge on any atom is -0.494 e. The average molecular weight is 397 g/mol. The van der Waals surface area contributed by atoms with Crippen molar-refractivity contribution in [3.05, 3.63) is 59.2 Å². The van der Waals surface area contributed by atoms with Crippen LogP contribution in [0.25, 0.3) is 11.3 Å². The van der Waals surface area contributed by atoms with Gasteiger partial charge >= 0.3 is 0 Å². The number of nitrogens with zero attached hydrogens (tertiary/aromatic N) is 2. The molecule has 0 saturated carbocycles. The number of amides is 1. The van der Waals surface area contributed by atoms with Crippen molar-refractivity contribution < 1.29 is 18.7 Å². The van der Waals surface area contributed by atoms with E-state index in [1.54, 1.807) is 42.6 Å². The minimum atomic E-state index is -0.833. The van der Waals surface area contributed by atoms with Crippen molar-refractivity contribution >= 4 is 22.4 Å². The number of halogens is 1. The van der Waals surface area contributed by atoms with Gasteiger partial charge in [0.05, 0.1) is 18.4 Å². The van der Waals surface area contributed by atoms with Crippen molar-refractivity contribution in [3.63, 3.8) is 0 Å². The number of aromatic nitrogens is 1. The number of hydrogen-bond donors (Lipinski definition) is 1. The maximum absolute atomic E-state index is 13.9. The SMILES string of the molecule is COc1ccc(-c2csc(NC(=O)C(C)Oc3ccccc3C#N)n2)cc1F.